The second-order valence-corrected chi connectivity index (χ2v) is 2.52. The molecule has 4 nitrogen and oxygen atoms in total. The van der Waals surface area contributed by atoms with Crippen LogP contribution >= 0.6 is 8.25 Å². The highest BCUT2D eigenvalue weighted by Crippen LogP contribution is 2.22. The van der Waals surface area contributed by atoms with Crippen molar-refractivity contribution >= 4 is 8.25 Å². The molecule has 0 saturated carbocycles. The van der Waals surface area contributed by atoms with E-state index in [4.69, 9.17) is 5.11 Å². The van der Waals surface area contributed by atoms with Gasteiger partial charge in [-0.2, -0.15) is 0 Å². The minimum atomic E-state index is -1.95. The summed E-state index contributed by atoms with van der Waals surface area (Å²) in [7, 11) is -1.95. The van der Waals surface area contributed by atoms with Crippen LogP contribution in [0.1, 0.15) is 13.3 Å². The highest BCUT2D eigenvalue weighted by atomic mass is 31.1. The molecule has 60 valence electrons. The zero-order valence-corrected chi connectivity index (χ0v) is 6.84. The fraction of sp³-hybridized carbons (Fsp3) is 1.00. The summed E-state index contributed by atoms with van der Waals surface area (Å²) in [5.74, 6) is 0. The molecule has 0 aromatic carbocycles. The van der Waals surface area contributed by atoms with Crippen molar-refractivity contribution in [2.45, 2.75) is 13.3 Å². The first-order valence-electron chi connectivity index (χ1n) is 3.15. The summed E-state index contributed by atoms with van der Waals surface area (Å²) in [4.78, 5) is 0. The summed E-state index contributed by atoms with van der Waals surface area (Å²) in [6, 6.07) is 0. The van der Waals surface area contributed by atoms with Gasteiger partial charge in [0.15, 0.2) is 0 Å². The van der Waals surface area contributed by atoms with Crippen molar-refractivity contribution in [2.24, 2.45) is 0 Å². The van der Waals surface area contributed by atoms with Gasteiger partial charge >= 0.3 is 8.25 Å². The Hall–Kier alpha value is -0.0200. The molecule has 1 atom stereocenters. The fourth-order valence-electron chi connectivity index (χ4n) is 0.346. The first-order chi connectivity index (χ1) is 4.81. The van der Waals surface area contributed by atoms with Crippen molar-refractivity contribution < 1.29 is 18.7 Å². The molecule has 0 fully saturated rings. The van der Waals surface area contributed by atoms with Gasteiger partial charge in [-0.25, -0.2) is 0 Å². The van der Waals surface area contributed by atoms with E-state index in [9.17, 15) is 4.57 Å². The molecule has 0 spiro atoms. The molecule has 0 bridgehead atoms. The molecule has 0 heterocycles. The van der Waals surface area contributed by atoms with Crippen LogP contribution in [0.15, 0.2) is 0 Å². The summed E-state index contributed by atoms with van der Waals surface area (Å²) in [6.45, 7) is 2.46. The average Bonchev–Trinajstić information content (AvgIpc) is 1.89. The lowest BCUT2D eigenvalue weighted by Gasteiger charge is -1.86. The number of rotatable bonds is 6. The molecule has 0 aromatic rings. The van der Waals surface area contributed by atoms with Gasteiger partial charge in [-0.1, -0.05) is 0 Å². The van der Waals surface area contributed by atoms with Gasteiger partial charge in [-0.3, -0.25) is 0 Å². The number of hydrogen-bond donors (Lipinski definition) is 1. The Kier molecular flexibility index (Phi) is 7.08. The Morgan fingerprint density at radius 1 is 1.50 bits per heavy atom. The Balaban J connectivity index is 3.05. The third-order valence-electron chi connectivity index (χ3n) is 0.734. The number of aliphatic hydroxyl groups excluding tert-OH is 1. The van der Waals surface area contributed by atoms with Gasteiger partial charge in [0.2, 0.25) is 0 Å². The van der Waals surface area contributed by atoms with E-state index in [0.717, 1.165) is 0 Å². The highest BCUT2D eigenvalue weighted by Gasteiger charge is 2.17. The smallest absolute Gasteiger partial charge is 0.396 e. The maximum atomic E-state index is 10.5. The van der Waals surface area contributed by atoms with E-state index in [0.29, 0.717) is 13.0 Å². The van der Waals surface area contributed by atoms with E-state index in [1.165, 1.54) is 0 Å². The predicted octanol–water partition coefficient (Wildman–Crippen LogP) is 1.08. The van der Waals surface area contributed by atoms with Crippen LogP contribution in [-0.4, -0.2) is 24.9 Å². The van der Waals surface area contributed by atoms with Crippen LogP contribution < -0.4 is 0 Å². The van der Waals surface area contributed by atoms with Gasteiger partial charge in [0.05, 0.1) is 0 Å². The topological polar surface area (TPSA) is 55.8 Å². The first-order valence-corrected chi connectivity index (χ1v) is 4.24. The molecule has 1 unspecified atom stereocenters. The van der Waals surface area contributed by atoms with E-state index in [1.54, 1.807) is 6.92 Å². The number of aliphatic hydroxyl groups is 1. The minimum absolute atomic E-state index is 0.0509. The number of hydrogen-bond acceptors (Lipinski definition) is 4. The lowest BCUT2D eigenvalue weighted by Crippen LogP contribution is -1.91. The predicted molar refractivity (Wildman–Crippen MR) is 36.9 cm³/mol. The largest absolute Gasteiger partial charge is 0.697 e. The van der Waals surface area contributed by atoms with Gasteiger partial charge in [0, 0.05) is 11.2 Å². The zero-order chi connectivity index (χ0) is 7.82. The van der Waals surface area contributed by atoms with Crippen LogP contribution in [-0.2, 0) is 13.6 Å². The third kappa shape index (κ3) is 6.11. The van der Waals surface area contributed by atoms with Crippen molar-refractivity contribution in [2.75, 3.05) is 19.8 Å². The lowest BCUT2D eigenvalue weighted by molar-refractivity contribution is 0.204. The van der Waals surface area contributed by atoms with Crippen LogP contribution in [0.5, 0.6) is 0 Å². The molecule has 0 aliphatic heterocycles. The van der Waals surface area contributed by atoms with E-state index in [2.05, 4.69) is 9.05 Å². The Labute approximate surface area is 61.1 Å². The van der Waals surface area contributed by atoms with Crippen molar-refractivity contribution in [3.8, 4) is 0 Å². The maximum absolute atomic E-state index is 10.5. The molecule has 10 heavy (non-hydrogen) atoms. The second-order valence-electron chi connectivity index (χ2n) is 1.55. The standard InChI is InChI=1S/C5H12O4P/c1-2-8-10(7)9-5-3-4-6/h6H,2-5H2,1H3/q+1. The molecule has 5 heteroatoms. The van der Waals surface area contributed by atoms with E-state index in [1.807, 2.05) is 0 Å². The summed E-state index contributed by atoms with van der Waals surface area (Å²) in [5.41, 5.74) is 0. The summed E-state index contributed by atoms with van der Waals surface area (Å²) < 4.78 is 19.8. The zero-order valence-electron chi connectivity index (χ0n) is 5.95. The van der Waals surface area contributed by atoms with Gasteiger partial charge in [0.1, 0.15) is 13.2 Å². The monoisotopic (exact) mass is 167 g/mol. The van der Waals surface area contributed by atoms with Crippen molar-refractivity contribution in [3.63, 3.8) is 0 Å². The highest BCUT2D eigenvalue weighted by molar-refractivity contribution is 7.33. The molecule has 0 aliphatic carbocycles. The Bertz CT molecular complexity index is 95.6. The van der Waals surface area contributed by atoms with Crippen LogP contribution in [0.25, 0.3) is 0 Å². The molecule has 0 radical (unpaired) electrons. The molecule has 0 aromatic heterocycles. The quantitative estimate of drug-likeness (QED) is 0.475. The van der Waals surface area contributed by atoms with Crippen LogP contribution in [0.4, 0.5) is 0 Å². The average molecular weight is 167 g/mol. The molecule has 0 rings (SSSR count). The van der Waals surface area contributed by atoms with Crippen molar-refractivity contribution in [1.29, 1.82) is 0 Å². The van der Waals surface area contributed by atoms with E-state index >= 15 is 0 Å². The van der Waals surface area contributed by atoms with Crippen molar-refractivity contribution in [3.05, 3.63) is 0 Å². The van der Waals surface area contributed by atoms with Crippen LogP contribution in [0.3, 0.4) is 0 Å². The maximum Gasteiger partial charge on any atom is 0.697 e. The Morgan fingerprint density at radius 2 is 2.20 bits per heavy atom. The van der Waals surface area contributed by atoms with Gasteiger partial charge in [-0.15, -0.1) is 9.05 Å². The summed E-state index contributed by atoms with van der Waals surface area (Å²) in [6.07, 6.45) is 0.494. The first kappa shape index (κ1) is 9.98. The van der Waals surface area contributed by atoms with Crippen molar-refractivity contribution in [1.82, 2.24) is 0 Å². The molecule has 0 saturated heterocycles. The minimum Gasteiger partial charge on any atom is -0.396 e. The van der Waals surface area contributed by atoms with Gasteiger partial charge in [-0.05, 0) is 13.3 Å². The van der Waals surface area contributed by atoms with Gasteiger partial charge in [0.25, 0.3) is 0 Å². The normalized spacial score (nSPS) is 11.6. The van der Waals surface area contributed by atoms with Crippen LogP contribution in [0.2, 0.25) is 0 Å². The third-order valence-corrected chi connectivity index (χ3v) is 1.60. The molecule has 0 aliphatic rings. The SMILES string of the molecule is CCO[P+](=O)OCCCO. The fourth-order valence-corrected chi connectivity index (χ4v) is 0.910. The van der Waals surface area contributed by atoms with Gasteiger partial charge < -0.3 is 5.11 Å². The molecular weight excluding hydrogens is 155 g/mol. The molecule has 1 N–H and O–H groups in total. The Morgan fingerprint density at radius 3 is 2.70 bits per heavy atom. The van der Waals surface area contributed by atoms with E-state index < -0.39 is 8.25 Å². The summed E-state index contributed by atoms with van der Waals surface area (Å²) in [5, 5.41) is 8.29. The lowest BCUT2D eigenvalue weighted by atomic mass is 10.5. The molecular formula is C5H12O4P+. The molecule has 0 amide bonds. The second kappa shape index (κ2) is 7.09. The van der Waals surface area contributed by atoms with Crippen LogP contribution in [0, 0.1) is 0 Å². The van der Waals surface area contributed by atoms with E-state index in [-0.39, 0.29) is 13.2 Å². The summed E-state index contributed by atoms with van der Waals surface area (Å²) >= 11 is 0.